The predicted octanol–water partition coefficient (Wildman–Crippen LogP) is 3.32. The number of carbonyl (C=O) groups is 2. The van der Waals surface area contributed by atoms with Gasteiger partial charge in [0.15, 0.2) is 5.54 Å². The van der Waals surface area contributed by atoms with Gasteiger partial charge in [0.2, 0.25) is 5.91 Å². The third kappa shape index (κ3) is 3.04. The smallest absolute Gasteiger partial charge is 0.254 e. The van der Waals surface area contributed by atoms with Gasteiger partial charge in [-0.3, -0.25) is 14.5 Å². The molecule has 0 aromatic heterocycles. The van der Waals surface area contributed by atoms with E-state index in [-0.39, 0.29) is 17.9 Å². The Labute approximate surface area is 189 Å². The van der Waals surface area contributed by atoms with Crippen LogP contribution in [0.4, 0.5) is 5.69 Å². The van der Waals surface area contributed by atoms with Crippen molar-refractivity contribution in [2.75, 3.05) is 33.1 Å². The molecular weight excluding hydrogens is 402 g/mol. The number of hydrogen-bond donors (Lipinski definition) is 1. The van der Waals surface area contributed by atoms with Crippen molar-refractivity contribution in [3.63, 3.8) is 0 Å². The second kappa shape index (κ2) is 7.93. The van der Waals surface area contributed by atoms with Crippen molar-refractivity contribution in [3.05, 3.63) is 58.7 Å². The average molecular weight is 434 g/mol. The summed E-state index contributed by atoms with van der Waals surface area (Å²) in [5.74, 6) is 0.732. The average Bonchev–Trinajstić information content (AvgIpc) is 3.49. The first-order valence-electron chi connectivity index (χ1n) is 11.5. The highest BCUT2D eigenvalue weighted by molar-refractivity contribution is 6.09. The van der Waals surface area contributed by atoms with Crippen LogP contribution >= 0.6 is 0 Å². The molecule has 168 valence electrons. The number of likely N-dealkylation sites (tertiary alicyclic amines) is 1. The number of aryl methyl sites for hydroxylation is 2. The first kappa shape index (κ1) is 21.0. The number of carbonyl (C=O) groups excluding carboxylic acids is 2. The number of rotatable bonds is 5. The maximum absolute atomic E-state index is 14.0. The molecule has 1 N–H and O–H groups in total. The number of amides is 2. The molecule has 1 aliphatic carbocycles. The fraction of sp³-hybridized carbons (Fsp3) is 0.462. The Morgan fingerprint density at radius 3 is 2.66 bits per heavy atom. The first-order chi connectivity index (χ1) is 15.5. The third-order valence-corrected chi connectivity index (χ3v) is 7.41. The summed E-state index contributed by atoms with van der Waals surface area (Å²) in [7, 11) is 5.23. The quantitative estimate of drug-likeness (QED) is 0.786. The van der Waals surface area contributed by atoms with Crippen molar-refractivity contribution in [1.29, 1.82) is 0 Å². The number of methoxy groups -OCH3 is 1. The molecule has 1 unspecified atom stereocenters. The monoisotopic (exact) mass is 433 g/mol. The molecule has 1 fully saturated rings. The molecule has 6 nitrogen and oxygen atoms in total. The number of fused-ring (bicyclic) bond motifs is 2. The fourth-order valence-corrected chi connectivity index (χ4v) is 5.89. The SMILES string of the molecule is COc1ccccc1C1(N2CCC[C@H]2CC(=O)N(C)C)C(=O)Nc2cc3c(cc21)CCC3. The zero-order chi connectivity index (χ0) is 22.5. The normalized spacial score (nSPS) is 24.2. The maximum Gasteiger partial charge on any atom is 0.254 e. The van der Waals surface area contributed by atoms with Gasteiger partial charge in [0, 0.05) is 49.9 Å². The van der Waals surface area contributed by atoms with Crippen LogP contribution in [0.2, 0.25) is 0 Å². The lowest BCUT2D eigenvalue weighted by atomic mass is 9.79. The van der Waals surface area contributed by atoms with E-state index >= 15 is 0 Å². The van der Waals surface area contributed by atoms with Crippen molar-refractivity contribution in [2.45, 2.75) is 50.1 Å². The molecule has 0 bridgehead atoms. The van der Waals surface area contributed by atoms with Crippen LogP contribution in [0.5, 0.6) is 5.75 Å². The summed E-state index contributed by atoms with van der Waals surface area (Å²) in [5.41, 5.74) is 4.40. The largest absolute Gasteiger partial charge is 0.496 e. The number of nitrogens with one attached hydrogen (secondary N) is 1. The molecule has 5 rings (SSSR count). The molecule has 0 spiro atoms. The molecule has 0 radical (unpaired) electrons. The van der Waals surface area contributed by atoms with Crippen molar-refractivity contribution >= 4 is 17.5 Å². The van der Waals surface area contributed by atoms with E-state index in [9.17, 15) is 9.59 Å². The Morgan fingerprint density at radius 2 is 1.91 bits per heavy atom. The van der Waals surface area contributed by atoms with Crippen LogP contribution in [0, 0.1) is 0 Å². The molecule has 32 heavy (non-hydrogen) atoms. The van der Waals surface area contributed by atoms with Crippen LogP contribution in [0.15, 0.2) is 36.4 Å². The Bertz CT molecular complexity index is 1080. The van der Waals surface area contributed by atoms with E-state index < -0.39 is 5.54 Å². The zero-order valence-electron chi connectivity index (χ0n) is 19.1. The highest BCUT2D eigenvalue weighted by Gasteiger charge is 2.57. The van der Waals surface area contributed by atoms with E-state index in [1.165, 1.54) is 11.1 Å². The van der Waals surface area contributed by atoms with E-state index in [2.05, 4.69) is 22.3 Å². The summed E-state index contributed by atoms with van der Waals surface area (Å²) in [6.45, 7) is 0.757. The first-order valence-corrected chi connectivity index (χ1v) is 11.5. The fourth-order valence-electron chi connectivity index (χ4n) is 5.89. The Morgan fingerprint density at radius 1 is 1.16 bits per heavy atom. The zero-order valence-corrected chi connectivity index (χ0v) is 19.1. The van der Waals surface area contributed by atoms with Gasteiger partial charge in [-0.1, -0.05) is 24.3 Å². The molecular formula is C26H31N3O3. The minimum Gasteiger partial charge on any atom is -0.496 e. The molecule has 2 heterocycles. The lowest BCUT2D eigenvalue weighted by Gasteiger charge is -2.42. The molecule has 1 saturated heterocycles. The maximum atomic E-state index is 14.0. The number of ether oxygens (including phenoxy) is 1. The lowest BCUT2D eigenvalue weighted by Crippen LogP contribution is -2.54. The molecule has 2 aromatic rings. The van der Waals surface area contributed by atoms with E-state index in [0.717, 1.165) is 55.5 Å². The van der Waals surface area contributed by atoms with Gasteiger partial charge in [-0.25, -0.2) is 0 Å². The highest BCUT2D eigenvalue weighted by Crippen LogP contribution is 2.52. The molecule has 0 saturated carbocycles. The minimum absolute atomic E-state index is 0.0141. The van der Waals surface area contributed by atoms with Crippen LogP contribution in [0.1, 0.15) is 47.9 Å². The number of benzene rings is 2. The van der Waals surface area contributed by atoms with E-state index in [4.69, 9.17) is 4.74 Å². The van der Waals surface area contributed by atoms with Gasteiger partial charge >= 0.3 is 0 Å². The topological polar surface area (TPSA) is 61.9 Å². The molecule has 2 atom stereocenters. The lowest BCUT2D eigenvalue weighted by molar-refractivity contribution is -0.132. The summed E-state index contributed by atoms with van der Waals surface area (Å²) in [6.07, 6.45) is 5.50. The van der Waals surface area contributed by atoms with Gasteiger partial charge in [0.25, 0.3) is 5.91 Å². The van der Waals surface area contributed by atoms with Gasteiger partial charge < -0.3 is 15.0 Å². The summed E-state index contributed by atoms with van der Waals surface area (Å²) in [6, 6.07) is 12.2. The Kier molecular flexibility index (Phi) is 5.20. The standard InChI is InChI=1S/C26H31N3O3/c1-28(2)24(30)16-19-10-7-13-29(19)26(20-11-4-5-12-23(20)32-3)21-14-17-8-6-9-18(17)15-22(21)27-25(26)31/h4-5,11-12,14-15,19H,6-10,13,16H2,1-3H3,(H,27,31)/t19-,26?/m0/s1. The predicted molar refractivity (Wildman–Crippen MR) is 124 cm³/mol. The number of nitrogens with zero attached hydrogens (tertiary/aromatic N) is 2. The molecule has 2 aromatic carbocycles. The van der Waals surface area contributed by atoms with E-state index in [0.29, 0.717) is 12.2 Å². The molecule has 2 aliphatic heterocycles. The van der Waals surface area contributed by atoms with Crippen molar-refractivity contribution in [2.24, 2.45) is 0 Å². The summed E-state index contributed by atoms with van der Waals surface area (Å²) in [5, 5.41) is 3.21. The third-order valence-electron chi connectivity index (χ3n) is 7.41. The minimum atomic E-state index is -1.01. The van der Waals surface area contributed by atoms with Crippen LogP contribution in [-0.2, 0) is 28.0 Å². The van der Waals surface area contributed by atoms with Crippen molar-refractivity contribution < 1.29 is 14.3 Å². The van der Waals surface area contributed by atoms with Crippen molar-refractivity contribution in [3.8, 4) is 5.75 Å². The van der Waals surface area contributed by atoms with E-state index in [1.54, 1.807) is 26.1 Å². The van der Waals surface area contributed by atoms with Gasteiger partial charge in [0.1, 0.15) is 5.75 Å². The van der Waals surface area contributed by atoms with Gasteiger partial charge in [0.05, 0.1) is 7.11 Å². The molecule has 6 heteroatoms. The van der Waals surface area contributed by atoms with Crippen LogP contribution in [0.3, 0.4) is 0 Å². The van der Waals surface area contributed by atoms with Crippen LogP contribution in [-0.4, -0.2) is 55.4 Å². The number of anilines is 1. The second-order valence-corrected chi connectivity index (χ2v) is 9.37. The number of para-hydroxylation sites is 1. The summed E-state index contributed by atoms with van der Waals surface area (Å²) < 4.78 is 5.77. The summed E-state index contributed by atoms with van der Waals surface area (Å²) in [4.78, 5) is 30.6. The van der Waals surface area contributed by atoms with E-state index in [1.807, 2.05) is 24.3 Å². The molecule has 2 amide bonds. The van der Waals surface area contributed by atoms with Gasteiger partial charge in [-0.05, 0) is 55.4 Å². The Balaban J connectivity index is 1.72. The van der Waals surface area contributed by atoms with Crippen molar-refractivity contribution in [1.82, 2.24) is 9.80 Å². The van der Waals surface area contributed by atoms with Crippen LogP contribution < -0.4 is 10.1 Å². The van der Waals surface area contributed by atoms with Crippen LogP contribution in [0.25, 0.3) is 0 Å². The number of hydrogen-bond acceptors (Lipinski definition) is 4. The second-order valence-electron chi connectivity index (χ2n) is 9.37. The molecule has 3 aliphatic rings. The highest BCUT2D eigenvalue weighted by atomic mass is 16.5. The Hall–Kier alpha value is -2.86. The summed E-state index contributed by atoms with van der Waals surface area (Å²) >= 11 is 0. The van der Waals surface area contributed by atoms with Gasteiger partial charge in [-0.2, -0.15) is 0 Å². The van der Waals surface area contributed by atoms with Gasteiger partial charge in [-0.15, -0.1) is 0 Å².